The minimum absolute atomic E-state index is 0.0366. The fourth-order valence-corrected chi connectivity index (χ4v) is 3.12. The van der Waals surface area contributed by atoms with Gasteiger partial charge < -0.3 is 10.1 Å². The molecule has 1 aromatic carbocycles. The number of fused-ring (bicyclic) bond motifs is 2. The lowest BCUT2D eigenvalue weighted by Crippen LogP contribution is -2.32. The van der Waals surface area contributed by atoms with Crippen LogP contribution in [0.15, 0.2) is 24.3 Å². The average Bonchev–Trinajstić information content (AvgIpc) is 2.84. The first-order valence-corrected chi connectivity index (χ1v) is 6.92. The van der Waals surface area contributed by atoms with Gasteiger partial charge in [-0.25, -0.2) is 4.79 Å². The highest BCUT2D eigenvalue weighted by Crippen LogP contribution is 2.36. The SMILES string of the molecule is COC(=O)c1ccc(C2=CC3CCC(C2)N3)c([N+](=O)[O-])c1. The number of nitro groups is 1. The summed E-state index contributed by atoms with van der Waals surface area (Å²) < 4.78 is 4.61. The number of rotatable bonds is 3. The molecule has 6 nitrogen and oxygen atoms in total. The van der Waals surface area contributed by atoms with Crippen LogP contribution in [0.5, 0.6) is 0 Å². The van der Waals surface area contributed by atoms with Crippen LogP contribution < -0.4 is 5.32 Å². The van der Waals surface area contributed by atoms with Gasteiger partial charge in [-0.15, -0.1) is 0 Å². The molecule has 0 aliphatic carbocycles. The van der Waals surface area contributed by atoms with Crippen LogP contribution in [0.2, 0.25) is 0 Å². The van der Waals surface area contributed by atoms with Crippen molar-refractivity contribution in [1.82, 2.24) is 5.32 Å². The molecule has 2 heterocycles. The molecule has 1 N–H and O–H groups in total. The summed E-state index contributed by atoms with van der Waals surface area (Å²) in [5.41, 5.74) is 1.76. The lowest BCUT2D eigenvalue weighted by Gasteiger charge is -2.21. The molecule has 0 saturated carbocycles. The fourth-order valence-electron chi connectivity index (χ4n) is 3.12. The Hall–Kier alpha value is -2.21. The number of carbonyl (C=O) groups excluding carboxylic acids is 1. The Morgan fingerprint density at radius 3 is 2.90 bits per heavy atom. The average molecular weight is 288 g/mol. The molecule has 1 saturated heterocycles. The zero-order chi connectivity index (χ0) is 15.0. The Bertz CT molecular complexity index is 639. The number of carbonyl (C=O) groups is 1. The zero-order valence-corrected chi connectivity index (χ0v) is 11.7. The van der Waals surface area contributed by atoms with Gasteiger partial charge in [-0.05, 0) is 37.0 Å². The van der Waals surface area contributed by atoms with Crippen molar-refractivity contribution in [3.8, 4) is 0 Å². The van der Waals surface area contributed by atoms with Crippen LogP contribution in [0.1, 0.15) is 35.2 Å². The van der Waals surface area contributed by atoms with Gasteiger partial charge in [0.05, 0.1) is 23.2 Å². The van der Waals surface area contributed by atoms with Gasteiger partial charge in [-0.2, -0.15) is 0 Å². The van der Waals surface area contributed by atoms with E-state index in [1.54, 1.807) is 12.1 Å². The lowest BCUT2D eigenvalue weighted by molar-refractivity contribution is -0.385. The van der Waals surface area contributed by atoms with Crippen molar-refractivity contribution < 1.29 is 14.5 Å². The molecule has 0 radical (unpaired) electrons. The number of nitro benzene ring substituents is 1. The van der Waals surface area contributed by atoms with Crippen molar-refractivity contribution in [2.75, 3.05) is 7.11 Å². The van der Waals surface area contributed by atoms with Gasteiger partial charge in [0.25, 0.3) is 5.69 Å². The largest absolute Gasteiger partial charge is 0.465 e. The molecule has 0 amide bonds. The van der Waals surface area contributed by atoms with Gasteiger partial charge in [0.15, 0.2) is 0 Å². The molecule has 2 bridgehead atoms. The third-order valence-electron chi connectivity index (χ3n) is 4.11. The minimum atomic E-state index is -0.566. The van der Waals surface area contributed by atoms with Crippen LogP contribution in [-0.2, 0) is 4.74 Å². The molecule has 21 heavy (non-hydrogen) atoms. The first-order valence-electron chi connectivity index (χ1n) is 6.92. The van der Waals surface area contributed by atoms with Crippen LogP contribution in [-0.4, -0.2) is 30.1 Å². The number of nitrogens with zero attached hydrogens (tertiary/aromatic N) is 1. The lowest BCUT2D eigenvalue weighted by atomic mass is 9.94. The summed E-state index contributed by atoms with van der Waals surface area (Å²) in [6.07, 6.45) is 5.03. The van der Waals surface area contributed by atoms with E-state index in [2.05, 4.69) is 16.1 Å². The Morgan fingerprint density at radius 1 is 1.43 bits per heavy atom. The molecule has 1 aromatic rings. The molecule has 2 aliphatic heterocycles. The van der Waals surface area contributed by atoms with Gasteiger partial charge in [0, 0.05) is 18.2 Å². The van der Waals surface area contributed by atoms with E-state index in [1.165, 1.54) is 13.2 Å². The van der Waals surface area contributed by atoms with E-state index < -0.39 is 10.9 Å². The van der Waals surface area contributed by atoms with Crippen LogP contribution in [0.25, 0.3) is 5.57 Å². The summed E-state index contributed by atoms with van der Waals surface area (Å²) in [6.45, 7) is 0. The summed E-state index contributed by atoms with van der Waals surface area (Å²) in [4.78, 5) is 22.4. The van der Waals surface area contributed by atoms with Crippen molar-refractivity contribution in [1.29, 1.82) is 0 Å². The van der Waals surface area contributed by atoms with Crippen molar-refractivity contribution in [3.05, 3.63) is 45.5 Å². The number of hydrogen-bond acceptors (Lipinski definition) is 5. The van der Waals surface area contributed by atoms with Gasteiger partial charge in [-0.3, -0.25) is 10.1 Å². The number of nitrogens with one attached hydrogen (secondary N) is 1. The predicted molar refractivity (Wildman–Crippen MR) is 77.0 cm³/mol. The highest BCUT2D eigenvalue weighted by Gasteiger charge is 2.31. The van der Waals surface area contributed by atoms with Gasteiger partial charge >= 0.3 is 5.97 Å². The van der Waals surface area contributed by atoms with Gasteiger partial charge in [0.1, 0.15) is 0 Å². The second-order valence-corrected chi connectivity index (χ2v) is 5.42. The maximum atomic E-state index is 11.5. The van der Waals surface area contributed by atoms with Crippen molar-refractivity contribution in [2.45, 2.75) is 31.3 Å². The fraction of sp³-hybridized carbons (Fsp3) is 0.400. The maximum Gasteiger partial charge on any atom is 0.338 e. The molecule has 0 spiro atoms. The number of methoxy groups -OCH3 is 1. The Balaban J connectivity index is 2.02. The Morgan fingerprint density at radius 2 is 2.24 bits per heavy atom. The van der Waals surface area contributed by atoms with E-state index >= 15 is 0 Å². The smallest absolute Gasteiger partial charge is 0.338 e. The first-order chi connectivity index (χ1) is 10.1. The van der Waals surface area contributed by atoms with Crippen molar-refractivity contribution >= 4 is 17.2 Å². The van der Waals surface area contributed by atoms with Crippen molar-refractivity contribution in [2.24, 2.45) is 0 Å². The highest BCUT2D eigenvalue weighted by molar-refractivity contribution is 5.91. The monoisotopic (exact) mass is 288 g/mol. The Kier molecular flexibility index (Phi) is 3.47. The quantitative estimate of drug-likeness (QED) is 0.524. The number of benzene rings is 1. The highest BCUT2D eigenvalue weighted by atomic mass is 16.6. The minimum Gasteiger partial charge on any atom is -0.465 e. The number of hydrogen-bond donors (Lipinski definition) is 1. The van der Waals surface area contributed by atoms with Crippen LogP contribution in [0.4, 0.5) is 5.69 Å². The molecule has 2 atom stereocenters. The second-order valence-electron chi connectivity index (χ2n) is 5.42. The summed E-state index contributed by atoms with van der Waals surface area (Å²) in [5, 5.41) is 14.8. The van der Waals surface area contributed by atoms with E-state index in [9.17, 15) is 14.9 Å². The molecule has 1 fully saturated rings. The maximum absolute atomic E-state index is 11.5. The Labute approximate surface area is 121 Å². The summed E-state index contributed by atoms with van der Waals surface area (Å²) in [5.74, 6) is -0.566. The van der Waals surface area contributed by atoms with Crippen LogP contribution >= 0.6 is 0 Å². The van der Waals surface area contributed by atoms with E-state index in [0.717, 1.165) is 24.8 Å². The molecule has 0 aromatic heterocycles. The number of esters is 1. The predicted octanol–water partition coefficient (Wildman–Crippen LogP) is 2.29. The zero-order valence-electron chi connectivity index (χ0n) is 11.7. The second kappa shape index (κ2) is 5.29. The van der Waals surface area contributed by atoms with E-state index in [-0.39, 0.29) is 11.3 Å². The van der Waals surface area contributed by atoms with Gasteiger partial charge in [-0.1, -0.05) is 6.08 Å². The molecule has 110 valence electrons. The first kappa shape index (κ1) is 13.8. The summed E-state index contributed by atoms with van der Waals surface area (Å²) in [7, 11) is 1.26. The van der Waals surface area contributed by atoms with E-state index in [1.807, 2.05) is 0 Å². The van der Waals surface area contributed by atoms with Crippen LogP contribution in [0, 0.1) is 10.1 Å². The topological polar surface area (TPSA) is 81.5 Å². The van der Waals surface area contributed by atoms with Gasteiger partial charge in [0.2, 0.25) is 0 Å². The normalized spacial score (nSPS) is 23.6. The van der Waals surface area contributed by atoms with E-state index in [0.29, 0.717) is 17.6 Å². The summed E-state index contributed by atoms with van der Waals surface area (Å²) >= 11 is 0. The molecule has 6 heteroatoms. The third-order valence-corrected chi connectivity index (χ3v) is 4.11. The molecule has 2 unspecified atom stereocenters. The summed E-state index contributed by atoms with van der Waals surface area (Å²) in [6, 6.07) is 5.24. The van der Waals surface area contributed by atoms with Crippen molar-refractivity contribution in [3.63, 3.8) is 0 Å². The molecular formula is C15H16N2O4. The molecule has 2 aliphatic rings. The molecular weight excluding hydrogens is 272 g/mol. The van der Waals surface area contributed by atoms with Crippen LogP contribution in [0.3, 0.4) is 0 Å². The number of ether oxygens (including phenoxy) is 1. The van der Waals surface area contributed by atoms with E-state index in [4.69, 9.17) is 0 Å². The standard InChI is InChI=1S/C15H16N2O4/c1-21-15(18)9-2-5-13(14(8-9)17(19)20)10-6-11-3-4-12(7-10)16-11/h2,5-6,8,11-12,16H,3-4,7H2,1H3. The third kappa shape index (κ3) is 2.54. The molecule has 3 rings (SSSR count).